The lowest BCUT2D eigenvalue weighted by Crippen LogP contribution is -2.15. The number of halogens is 1. The zero-order valence-corrected chi connectivity index (χ0v) is 18.5. The van der Waals surface area contributed by atoms with Gasteiger partial charge in [0.25, 0.3) is 0 Å². The maximum atomic E-state index is 8.47. The first kappa shape index (κ1) is 22.2. The van der Waals surface area contributed by atoms with Gasteiger partial charge in [-0.15, -0.1) is 0 Å². The molecule has 2 nitrogen and oxygen atoms in total. The smallest absolute Gasteiger partial charge is 0.0455 e. The lowest BCUT2D eigenvalue weighted by Gasteiger charge is -2.18. The van der Waals surface area contributed by atoms with E-state index in [1.807, 2.05) is 30.3 Å². The third-order valence-electron chi connectivity index (χ3n) is 4.75. The third-order valence-corrected chi connectivity index (χ3v) is 5.12. The molecule has 0 unspecified atom stereocenters. The molecule has 0 fully saturated rings. The summed E-state index contributed by atoms with van der Waals surface area (Å²) in [4.78, 5) is 0. The van der Waals surface area contributed by atoms with Crippen LogP contribution >= 0.6 is 11.6 Å². The maximum Gasteiger partial charge on any atom is 0.0455 e. The van der Waals surface area contributed by atoms with Gasteiger partial charge in [0.1, 0.15) is 0 Å². The summed E-state index contributed by atoms with van der Waals surface area (Å²) in [5.74, 6) is 0.463. The molecule has 0 aliphatic carbocycles. The van der Waals surface area contributed by atoms with Crippen LogP contribution in [0.5, 0.6) is 0 Å². The van der Waals surface area contributed by atoms with Crippen LogP contribution in [0.25, 0.3) is 5.70 Å². The van der Waals surface area contributed by atoms with Crippen molar-refractivity contribution in [3.8, 4) is 0 Å². The molecule has 3 heteroatoms. The van der Waals surface area contributed by atoms with Crippen molar-refractivity contribution in [2.24, 2.45) is 5.41 Å². The van der Waals surface area contributed by atoms with E-state index in [1.54, 1.807) is 0 Å². The van der Waals surface area contributed by atoms with Crippen molar-refractivity contribution in [2.45, 2.75) is 59.9 Å². The molecule has 2 rings (SSSR count). The summed E-state index contributed by atoms with van der Waals surface area (Å²) in [6.45, 7) is 11.7. The topological polar surface area (TPSA) is 35.9 Å². The van der Waals surface area contributed by atoms with Gasteiger partial charge in [0.2, 0.25) is 0 Å². The Labute approximate surface area is 175 Å². The number of nitrogens with one attached hydrogen (secondary N) is 2. The maximum absolute atomic E-state index is 8.47. The summed E-state index contributed by atoms with van der Waals surface area (Å²) in [6.07, 6.45) is 3.73. The summed E-state index contributed by atoms with van der Waals surface area (Å²) in [5.41, 5.74) is 5.30. The Morgan fingerprint density at radius 2 is 1.82 bits per heavy atom. The molecule has 0 heterocycles. The molecule has 0 saturated heterocycles. The highest BCUT2D eigenvalue weighted by molar-refractivity contribution is 6.31. The zero-order valence-electron chi connectivity index (χ0n) is 17.8. The number of benzene rings is 2. The van der Waals surface area contributed by atoms with Gasteiger partial charge in [0, 0.05) is 23.0 Å². The molecule has 0 atom stereocenters. The Balaban J connectivity index is 2.27. The van der Waals surface area contributed by atoms with E-state index in [0.29, 0.717) is 18.2 Å². The minimum atomic E-state index is 0.225. The zero-order chi connectivity index (χ0) is 20.7. The van der Waals surface area contributed by atoms with Crippen LogP contribution in [0.3, 0.4) is 0 Å². The Morgan fingerprint density at radius 3 is 2.46 bits per heavy atom. The summed E-state index contributed by atoms with van der Waals surface area (Å²) in [7, 11) is 0. The van der Waals surface area contributed by atoms with Gasteiger partial charge in [-0.2, -0.15) is 0 Å². The molecule has 150 valence electrons. The van der Waals surface area contributed by atoms with Gasteiger partial charge >= 0.3 is 0 Å². The molecule has 2 aromatic rings. The van der Waals surface area contributed by atoms with Gasteiger partial charge in [-0.1, -0.05) is 82.6 Å². The quantitative estimate of drug-likeness (QED) is 0.447. The lowest BCUT2D eigenvalue weighted by atomic mass is 9.89. The van der Waals surface area contributed by atoms with E-state index in [2.05, 4.69) is 64.2 Å². The van der Waals surface area contributed by atoms with Gasteiger partial charge in [-0.25, -0.2) is 0 Å². The van der Waals surface area contributed by atoms with Crippen molar-refractivity contribution in [1.82, 2.24) is 5.32 Å². The van der Waals surface area contributed by atoms with Crippen molar-refractivity contribution < 1.29 is 0 Å². The fraction of sp³-hybridized carbons (Fsp3) is 0.400. The molecule has 0 aliphatic heterocycles. The van der Waals surface area contributed by atoms with Crippen LogP contribution in [-0.2, 0) is 6.54 Å². The highest BCUT2D eigenvalue weighted by atomic mass is 35.5. The van der Waals surface area contributed by atoms with Crippen LogP contribution in [0, 0.1) is 10.8 Å². The van der Waals surface area contributed by atoms with E-state index >= 15 is 0 Å². The Kier molecular flexibility index (Phi) is 7.88. The molecule has 28 heavy (non-hydrogen) atoms. The Morgan fingerprint density at radius 1 is 1.11 bits per heavy atom. The van der Waals surface area contributed by atoms with Crippen molar-refractivity contribution in [1.29, 1.82) is 5.41 Å². The Hall–Kier alpha value is -2.06. The van der Waals surface area contributed by atoms with Gasteiger partial charge in [-0.05, 0) is 59.1 Å². The number of allylic oxidation sites excluding steroid dienone is 1. The molecule has 0 bridgehead atoms. The van der Waals surface area contributed by atoms with Crippen molar-refractivity contribution in [3.63, 3.8) is 0 Å². The third kappa shape index (κ3) is 7.16. The largest absolute Gasteiger partial charge is 0.380 e. The molecule has 0 aromatic heterocycles. The fourth-order valence-electron chi connectivity index (χ4n) is 2.89. The highest BCUT2D eigenvalue weighted by Crippen LogP contribution is 2.24. The van der Waals surface area contributed by atoms with Crippen molar-refractivity contribution >= 4 is 23.0 Å². The molecule has 0 saturated carbocycles. The van der Waals surface area contributed by atoms with Crippen molar-refractivity contribution in [2.75, 3.05) is 0 Å². The van der Waals surface area contributed by atoms with E-state index in [-0.39, 0.29) is 5.41 Å². The number of hydrogen-bond acceptors (Lipinski definition) is 2. The normalized spacial score (nSPS) is 12.3. The predicted octanol–water partition coefficient (Wildman–Crippen LogP) is 7.44. The first-order chi connectivity index (χ1) is 13.2. The molecular formula is C25H33ClN2. The molecule has 2 N–H and O–H groups in total. The lowest BCUT2D eigenvalue weighted by molar-refractivity contribution is 0.386. The summed E-state index contributed by atoms with van der Waals surface area (Å²) in [5, 5.41) is 12.8. The second-order valence-corrected chi connectivity index (χ2v) is 9.28. The highest BCUT2D eigenvalue weighted by Gasteiger charge is 2.12. The predicted molar refractivity (Wildman–Crippen MR) is 123 cm³/mol. The monoisotopic (exact) mass is 396 g/mol. The SMILES string of the molecule is CC(C)c1cccc(/C(=C/C(=N)CCC(C)(C)C)NCc2ccccc2Cl)c1. The van der Waals surface area contributed by atoms with E-state index in [1.165, 1.54) is 5.56 Å². The van der Waals surface area contributed by atoms with Gasteiger partial charge < -0.3 is 10.7 Å². The standard InChI is InChI=1S/C25H33ClN2/c1-18(2)19-10-8-11-20(15-19)24(16-22(27)13-14-25(3,4)5)28-17-21-9-6-7-12-23(21)26/h6-12,15-16,18,27-28H,13-14,17H2,1-5H3/b24-16-,27-22?. The first-order valence-corrected chi connectivity index (χ1v) is 10.4. The number of hydrogen-bond donors (Lipinski definition) is 2. The van der Waals surface area contributed by atoms with E-state index in [0.717, 1.165) is 34.7 Å². The van der Waals surface area contributed by atoms with Gasteiger partial charge in [0.15, 0.2) is 0 Å². The fourth-order valence-corrected chi connectivity index (χ4v) is 3.09. The average Bonchev–Trinajstić information content (AvgIpc) is 2.64. The molecule has 2 aromatic carbocycles. The van der Waals surface area contributed by atoms with Crippen LogP contribution in [0.2, 0.25) is 5.02 Å². The molecule has 0 amide bonds. The minimum Gasteiger partial charge on any atom is -0.380 e. The molecule has 0 radical (unpaired) electrons. The molecular weight excluding hydrogens is 364 g/mol. The average molecular weight is 397 g/mol. The minimum absolute atomic E-state index is 0.225. The first-order valence-electron chi connectivity index (χ1n) is 10.0. The van der Waals surface area contributed by atoms with Crippen molar-refractivity contribution in [3.05, 3.63) is 76.3 Å². The summed E-state index contributed by atoms with van der Waals surface area (Å²) >= 11 is 6.32. The van der Waals surface area contributed by atoms with Crippen LogP contribution < -0.4 is 5.32 Å². The second kappa shape index (κ2) is 9.93. The summed E-state index contributed by atoms with van der Waals surface area (Å²) < 4.78 is 0. The Bertz CT molecular complexity index is 828. The van der Waals surface area contributed by atoms with E-state index in [9.17, 15) is 0 Å². The van der Waals surface area contributed by atoms with E-state index in [4.69, 9.17) is 17.0 Å². The van der Waals surface area contributed by atoms with Crippen LogP contribution in [0.4, 0.5) is 0 Å². The molecule has 0 spiro atoms. The van der Waals surface area contributed by atoms with E-state index < -0.39 is 0 Å². The van der Waals surface area contributed by atoms with Crippen LogP contribution in [-0.4, -0.2) is 5.71 Å². The number of rotatable bonds is 8. The summed E-state index contributed by atoms with van der Waals surface area (Å²) in [6, 6.07) is 16.4. The van der Waals surface area contributed by atoms with Crippen LogP contribution in [0.1, 0.15) is 70.1 Å². The van der Waals surface area contributed by atoms with Gasteiger partial charge in [-0.3, -0.25) is 0 Å². The second-order valence-electron chi connectivity index (χ2n) is 8.87. The molecule has 0 aliphatic rings. The van der Waals surface area contributed by atoms with Gasteiger partial charge in [0.05, 0.1) is 0 Å². The van der Waals surface area contributed by atoms with Crippen LogP contribution in [0.15, 0.2) is 54.6 Å².